The Morgan fingerprint density at radius 2 is 1.88 bits per heavy atom. The number of nitrogens with zero attached hydrogens (tertiary/aromatic N) is 1. The highest BCUT2D eigenvalue weighted by Gasteiger charge is 2.34. The molecule has 2 heteroatoms. The maximum Gasteiger partial charge on any atom is 0.0768 e. The van der Waals surface area contributed by atoms with Gasteiger partial charge in [0.05, 0.1) is 5.60 Å². The molecular formula is C14H29NO. The zero-order chi connectivity index (χ0) is 12.5. The molecular weight excluding hydrogens is 198 g/mol. The molecule has 0 saturated carbocycles. The van der Waals surface area contributed by atoms with Crippen molar-refractivity contribution in [2.24, 2.45) is 17.8 Å². The first-order valence-corrected chi connectivity index (χ1v) is 6.70. The van der Waals surface area contributed by atoms with Gasteiger partial charge >= 0.3 is 0 Å². The van der Waals surface area contributed by atoms with E-state index in [4.69, 9.17) is 0 Å². The number of likely N-dealkylation sites (tertiary alicyclic amines) is 1. The summed E-state index contributed by atoms with van der Waals surface area (Å²) in [5.74, 6) is 1.81. The van der Waals surface area contributed by atoms with Crippen molar-refractivity contribution in [3.63, 3.8) is 0 Å². The molecule has 0 aromatic heterocycles. The molecule has 0 spiro atoms. The lowest BCUT2D eigenvalue weighted by molar-refractivity contribution is -0.0482. The van der Waals surface area contributed by atoms with Crippen LogP contribution in [0.1, 0.15) is 48.0 Å². The molecule has 4 unspecified atom stereocenters. The van der Waals surface area contributed by atoms with E-state index in [1.54, 1.807) is 0 Å². The van der Waals surface area contributed by atoms with Crippen molar-refractivity contribution >= 4 is 0 Å². The average Bonchev–Trinajstić information content (AvgIpc) is 2.12. The zero-order valence-electron chi connectivity index (χ0n) is 11.8. The summed E-state index contributed by atoms with van der Waals surface area (Å²) in [6, 6.07) is 0.599. The van der Waals surface area contributed by atoms with Gasteiger partial charge in [-0.05, 0) is 38.0 Å². The highest BCUT2D eigenvalue weighted by Crippen LogP contribution is 2.29. The number of aliphatic hydroxyl groups is 1. The van der Waals surface area contributed by atoms with Gasteiger partial charge in [0.25, 0.3) is 0 Å². The highest BCUT2D eigenvalue weighted by molar-refractivity contribution is 4.88. The van der Waals surface area contributed by atoms with Crippen molar-refractivity contribution in [1.82, 2.24) is 4.90 Å². The summed E-state index contributed by atoms with van der Waals surface area (Å²) in [4.78, 5) is 2.47. The summed E-state index contributed by atoms with van der Waals surface area (Å²) >= 11 is 0. The third kappa shape index (κ3) is 3.21. The first-order valence-electron chi connectivity index (χ1n) is 6.70. The second kappa shape index (κ2) is 5.05. The number of hydrogen-bond donors (Lipinski definition) is 1. The van der Waals surface area contributed by atoms with Crippen LogP contribution < -0.4 is 0 Å². The lowest BCUT2D eigenvalue weighted by Crippen LogP contribution is -2.53. The Labute approximate surface area is 101 Å². The van der Waals surface area contributed by atoms with E-state index in [0.29, 0.717) is 12.0 Å². The van der Waals surface area contributed by atoms with E-state index in [1.165, 1.54) is 6.42 Å². The Bertz CT molecular complexity index is 225. The molecule has 2 nitrogen and oxygen atoms in total. The van der Waals surface area contributed by atoms with E-state index in [9.17, 15) is 5.11 Å². The third-order valence-corrected chi connectivity index (χ3v) is 4.49. The fourth-order valence-corrected chi connectivity index (χ4v) is 2.63. The Hall–Kier alpha value is -0.0800. The summed E-state index contributed by atoms with van der Waals surface area (Å²) in [7, 11) is 0. The molecule has 0 aromatic rings. The fourth-order valence-electron chi connectivity index (χ4n) is 2.63. The van der Waals surface area contributed by atoms with Gasteiger partial charge in [0.1, 0.15) is 0 Å². The Kier molecular flexibility index (Phi) is 4.42. The number of piperidine rings is 1. The average molecular weight is 227 g/mol. The molecule has 0 aromatic carbocycles. The monoisotopic (exact) mass is 227 g/mol. The predicted molar refractivity (Wildman–Crippen MR) is 69.4 cm³/mol. The minimum absolute atomic E-state index is 0.312. The fraction of sp³-hybridized carbons (Fsp3) is 1.00. The lowest BCUT2D eigenvalue weighted by Gasteiger charge is -2.45. The molecule has 0 aliphatic carbocycles. The van der Waals surface area contributed by atoms with Gasteiger partial charge in [-0.15, -0.1) is 0 Å². The Morgan fingerprint density at radius 3 is 2.38 bits per heavy atom. The van der Waals surface area contributed by atoms with Crippen LogP contribution in [0.2, 0.25) is 0 Å². The van der Waals surface area contributed by atoms with Crippen LogP contribution >= 0.6 is 0 Å². The van der Waals surface area contributed by atoms with Gasteiger partial charge in [0, 0.05) is 19.1 Å². The summed E-state index contributed by atoms with van der Waals surface area (Å²) < 4.78 is 0. The largest absolute Gasteiger partial charge is 0.389 e. The molecule has 0 radical (unpaired) electrons. The first kappa shape index (κ1) is 14.0. The van der Waals surface area contributed by atoms with Gasteiger partial charge in [0.2, 0.25) is 0 Å². The molecule has 1 rings (SSSR count). The predicted octanol–water partition coefficient (Wildman–Crippen LogP) is 2.76. The van der Waals surface area contributed by atoms with E-state index in [2.05, 4.69) is 39.5 Å². The summed E-state index contributed by atoms with van der Waals surface area (Å²) in [6.45, 7) is 15.1. The van der Waals surface area contributed by atoms with Crippen molar-refractivity contribution in [3.8, 4) is 0 Å². The zero-order valence-corrected chi connectivity index (χ0v) is 11.8. The van der Waals surface area contributed by atoms with Gasteiger partial charge < -0.3 is 5.11 Å². The third-order valence-electron chi connectivity index (χ3n) is 4.49. The van der Waals surface area contributed by atoms with Crippen LogP contribution in [0.25, 0.3) is 0 Å². The first-order chi connectivity index (χ1) is 7.24. The molecule has 96 valence electrons. The Morgan fingerprint density at radius 1 is 1.31 bits per heavy atom. The summed E-state index contributed by atoms with van der Waals surface area (Å²) in [5, 5.41) is 10.4. The standard InChI is InChI=1S/C14H29NO/c1-10(2)14(6,16)9-15-8-11(3)7-12(4)13(15)5/h10-13,16H,7-9H2,1-6H3. The van der Waals surface area contributed by atoms with E-state index in [0.717, 1.165) is 24.9 Å². The molecule has 1 saturated heterocycles. The van der Waals surface area contributed by atoms with Crippen molar-refractivity contribution in [1.29, 1.82) is 0 Å². The lowest BCUT2D eigenvalue weighted by atomic mass is 9.83. The van der Waals surface area contributed by atoms with Crippen LogP contribution in [0, 0.1) is 17.8 Å². The van der Waals surface area contributed by atoms with E-state index >= 15 is 0 Å². The molecule has 1 N–H and O–H groups in total. The van der Waals surface area contributed by atoms with E-state index in [-0.39, 0.29) is 0 Å². The second-order valence-corrected chi connectivity index (χ2v) is 6.50. The van der Waals surface area contributed by atoms with Gasteiger partial charge in [-0.3, -0.25) is 4.90 Å². The van der Waals surface area contributed by atoms with Crippen LogP contribution in [0.5, 0.6) is 0 Å². The normalized spacial score (nSPS) is 36.4. The minimum atomic E-state index is -0.564. The maximum atomic E-state index is 10.4. The molecule has 1 aliphatic rings. The summed E-state index contributed by atoms with van der Waals surface area (Å²) in [6.07, 6.45) is 1.32. The van der Waals surface area contributed by atoms with Gasteiger partial charge in [-0.2, -0.15) is 0 Å². The van der Waals surface area contributed by atoms with Crippen LogP contribution in [0.15, 0.2) is 0 Å². The second-order valence-electron chi connectivity index (χ2n) is 6.50. The minimum Gasteiger partial charge on any atom is -0.389 e. The maximum absolute atomic E-state index is 10.4. The Balaban J connectivity index is 2.65. The summed E-state index contributed by atoms with van der Waals surface area (Å²) in [5.41, 5.74) is -0.564. The molecule has 0 bridgehead atoms. The molecule has 0 amide bonds. The number of hydrogen-bond acceptors (Lipinski definition) is 2. The topological polar surface area (TPSA) is 23.5 Å². The van der Waals surface area contributed by atoms with E-state index < -0.39 is 5.60 Å². The molecule has 4 atom stereocenters. The van der Waals surface area contributed by atoms with Crippen LogP contribution in [-0.4, -0.2) is 34.7 Å². The molecule has 1 fully saturated rings. The van der Waals surface area contributed by atoms with Crippen molar-refractivity contribution in [2.75, 3.05) is 13.1 Å². The van der Waals surface area contributed by atoms with Crippen molar-refractivity contribution in [2.45, 2.75) is 59.6 Å². The quantitative estimate of drug-likeness (QED) is 0.801. The molecule has 1 heterocycles. The smallest absolute Gasteiger partial charge is 0.0768 e. The van der Waals surface area contributed by atoms with E-state index in [1.807, 2.05) is 6.92 Å². The SMILES string of the molecule is CC1CC(C)C(C)N(CC(C)(O)C(C)C)C1. The van der Waals surface area contributed by atoms with Crippen LogP contribution in [0.3, 0.4) is 0 Å². The number of β-amino-alcohol motifs (C(OH)–C–C–N with tert-alkyl or cyclic N) is 1. The van der Waals surface area contributed by atoms with Crippen LogP contribution in [0.4, 0.5) is 0 Å². The van der Waals surface area contributed by atoms with Crippen molar-refractivity contribution in [3.05, 3.63) is 0 Å². The molecule has 1 aliphatic heterocycles. The van der Waals surface area contributed by atoms with Crippen molar-refractivity contribution < 1.29 is 5.11 Å². The highest BCUT2D eigenvalue weighted by atomic mass is 16.3. The van der Waals surface area contributed by atoms with Crippen LogP contribution in [-0.2, 0) is 0 Å². The number of rotatable bonds is 3. The van der Waals surface area contributed by atoms with Gasteiger partial charge in [-0.25, -0.2) is 0 Å². The van der Waals surface area contributed by atoms with Gasteiger partial charge in [-0.1, -0.05) is 27.7 Å². The molecule has 16 heavy (non-hydrogen) atoms. The van der Waals surface area contributed by atoms with Gasteiger partial charge in [0.15, 0.2) is 0 Å².